The van der Waals surface area contributed by atoms with Gasteiger partial charge in [0.2, 0.25) is 0 Å². The highest BCUT2D eigenvalue weighted by Gasteiger charge is 2.58. The van der Waals surface area contributed by atoms with Crippen LogP contribution < -0.4 is 15.8 Å². The molecule has 4 atom stereocenters. The number of aromatic nitrogens is 5. The molecule has 2 aliphatic heterocycles. The van der Waals surface area contributed by atoms with E-state index in [0.29, 0.717) is 28.5 Å². The number of nitrogens with two attached hydrogens (primary N) is 1. The second kappa shape index (κ2) is 7.29. The van der Waals surface area contributed by atoms with Gasteiger partial charge in [-0.1, -0.05) is 29.8 Å². The van der Waals surface area contributed by atoms with Crippen LogP contribution in [0.1, 0.15) is 5.69 Å². The van der Waals surface area contributed by atoms with Crippen molar-refractivity contribution in [2.45, 2.75) is 30.6 Å². The highest BCUT2D eigenvalue weighted by molar-refractivity contribution is 6.33. The summed E-state index contributed by atoms with van der Waals surface area (Å²) in [5.41, 5.74) is 7.72. The lowest BCUT2D eigenvalue weighted by molar-refractivity contribution is -0.0715. The molecule has 6 rings (SSSR count). The number of anilines is 1. The average molecular weight is 458 g/mol. The topological polar surface area (TPSA) is 156 Å². The number of imidazole rings is 1. The predicted octanol–water partition coefficient (Wildman–Crippen LogP) is 1.29. The molecule has 3 aromatic heterocycles. The van der Waals surface area contributed by atoms with Crippen molar-refractivity contribution < 1.29 is 19.3 Å². The third-order valence-corrected chi connectivity index (χ3v) is 6.16. The lowest BCUT2D eigenvalue weighted by Gasteiger charge is -2.24. The second-order valence-corrected chi connectivity index (χ2v) is 8.30. The molecule has 0 aliphatic carbocycles. The zero-order chi connectivity index (χ0) is 21.9. The molecule has 4 aromatic rings. The second-order valence-electron chi connectivity index (χ2n) is 7.90. The number of aliphatic hydroxyl groups is 1. The highest BCUT2D eigenvalue weighted by atomic mass is 35.5. The van der Waals surface area contributed by atoms with E-state index >= 15 is 0 Å². The quantitative estimate of drug-likeness (QED) is 0.298. The number of hydrogen-bond donors (Lipinski definition) is 5. The molecule has 2 saturated heterocycles. The molecular weight excluding hydrogens is 438 g/mol. The monoisotopic (exact) mass is 457 g/mol. The number of para-hydroxylation sites is 1. The lowest BCUT2D eigenvalue weighted by Crippen LogP contribution is -2.55. The summed E-state index contributed by atoms with van der Waals surface area (Å²) in [6.45, 7) is 0.735. The van der Waals surface area contributed by atoms with Gasteiger partial charge in [0.15, 0.2) is 17.5 Å². The van der Waals surface area contributed by atoms with Crippen LogP contribution in [0.5, 0.6) is 6.01 Å². The van der Waals surface area contributed by atoms with Crippen LogP contribution in [0, 0.1) is 0 Å². The van der Waals surface area contributed by atoms with Gasteiger partial charge in [-0.3, -0.25) is 10.8 Å². The molecule has 5 heterocycles. The summed E-state index contributed by atoms with van der Waals surface area (Å²) in [6, 6.07) is 9.82. The van der Waals surface area contributed by atoms with Crippen LogP contribution in [0.4, 0.5) is 5.82 Å². The molecule has 2 aliphatic rings. The summed E-state index contributed by atoms with van der Waals surface area (Å²) in [6.07, 6.45) is -2.01. The van der Waals surface area contributed by atoms with Gasteiger partial charge in [-0.2, -0.15) is 10.1 Å². The van der Waals surface area contributed by atoms with Crippen molar-refractivity contribution in [1.29, 1.82) is 0 Å². The molecular formula is C20H20ClN7O4. The highest BCUT2D eigenvalue weighted by Crippen LogP contribution is 2.35. The number of nitrogens with zero attached hydrogens (tertiary/aromatic N) is 3. The minimum absolute atomic E-state index is 0.0962. The Morgan fingerprint density at radius 1 is 1.31 bits per heavy atom. The van der Waals surface area contributed by atoms with Crippen LogP contribution in [0.2, 0.25) is 5.02 Å². The fourth-order valence-corrected chi connectivity index (χ4v) is 4.39. The van der Waals surface area contributed by atoms with Crippen LogP contribution in [-0.2, 0) is 16.0 Å². The zero-order valence-corrected chi connectivity index (χ0v) is 17.5. The minimum Gasteiger partial charge on any atom is -0.456 e. The Kier molecular flexibility index (Phi) is 4.49. The fraction of sp³-hybridized carbons (Fsp3) is 0.350. The molecule has 0 saturated carbocycles. The molecule has 0 radical (unpaired) electrons. The third-order valence-electron chi connectivity index (χ3n) is 5.88. The van der Waals surface area contributed by atoms with E-state index in [2.05, 4.69) is 30.5 Å². The molecule has 0 unspecified atom stereocenters. The summed E-state index contributed by atoms with van der Waals surface area (Å²) in [5, 5.41) is 22.0. The van der Waals surface area contributed by atoms with Crippen LogP contribution in [-0.4, -0.2) is 67.5 Å². The number of rotatable bonds is 5. The van der Waals surface area contributed by atoms with Crippen LogP contribution in [0.3, 0.4) is 0 Å². The molecule has 0 bridgehead atoms. The van der Waals surface area contributed by atoms with Gasteiger partial charge in [0.05, 0.1) is 41.5 Å². The number of nitrogens with one attached hydrogen (secondary N) is 3. The van der Waals surface area contributed by atoms with Crippen molar-refractivity contribution in [2.75, 3.05) is 18.5 Å². The van der Waals surface area contributed by atoms with E-state index in [1.807, 2.05) is 24.3 Å². The molecule has 166 valence electrons. The fourth-order valence-electron chi connectivity index (χ4n) is 4.17. The molecule has 1 aromatic carbocycles. The molecule has 0 spiro atoms. The number of aliphatic hydroxyl groups excluding tert-OH is 1. The SMILES string of the molecule is N[C@]12OC[C@@H](Oc3nc4nc(NCc5[nH]nc6ccccc56)c(Cl)cc4[nH]3)[C@H]1OC[C@H]2O. The first kappa shape index (κ1) is 19.7. The maximum atomic E-state index is 10.0. The normalized spacial score (nSPS) is 27.3. The van der Waals surface area contributed by atoms with Gasteiger partial charge in [0, 0.05) is 5.39 Å². The van der Waals surface area contributed by atoms with Crippen molar-refractivity contribution in [3.63, 3.8) is 0 Å². The molecule has 6 N–H and O–H groups in total. The number of ether oxygens (including phenoxy) is 3. The van der Waals surface area contributed by atoms with Gasteiger partial charge in [-0.15, -0.1) is 0 Å². The maximum absolute atomic E-state index is 10.0. The number of pyridine rings is 1. The smallest absolute Gasteiger partial charge is 0.296 e. The van der Waals surface area contributed by atoms with E-state index < -0.39 is 24.0 Å². The number of aromatic amines is 2. The van der Waals surface area contributed by atoms with Crippen molar-refractivity contribution in [1.82, 2.24) is 25.1 Å². The Morgan fingerprint density at radius 2 is 2.19 bits per heavy atom. The largest absolute Gasteiger partial charge is 0.456 e. The molecule has 32 heavy (non-hydrogen) atoms. The first-order chi connectivity index (χ1) is 15.5. The Labute approximate surface area is 186 Å². The number of H-pyrrole nitrogens is 2. The molecule has 2 fully saturated rings. The Bertz CT molecular complexity index is 1310. The van der Waals surface area contributed by atoms with E-state index in [0.717, 1.165) is 16.6 Å². The van der Waals surface area contributed by atoms with E-state index in [1.54, 1.807) is 6.07 Å². The van der Waals surface area contributed by atoms with E-state index in [-0.39, 0.29) is 19.2 Å². The summed E-state index contributed by atoms with van der Waals surface area (Å²) in [7, 11) is 0. The van der Waals surface area contributed by atoms with E-state index in [9.17, 15) is 5.11 Å². The summed E-state index contributed by atoms with van der Waals surface area (Å²) in [5.74, 6) is 0.489. The Hall–Kier alpha value is -2.96. The van der Waals surface area contributed by atoms with Gasteiger partial charge < -0.3 is 29.6 Å². The minimum atomic E-state index is -1.27. The summed E-state index contributed by atoms with van der Waals surface area (Å²) in [4.78, 5) is 12.0. The number of hydrogen-bond acceptors (Lipinski definition) is 9. The first-order valence-corrected chi connectivity index (χ1v) is 10.5. The van der Waals surface area contributed by atoms with Gasteiger partial charge in [0.25, 0.3) is 6.01 Å². The van der Waals surface area contributed by atoms with Gasteiger partial charge in [-0.05, 0) is 12.1 Å². The van der Waals surface area contributed by atoms with Crippen molar-refractivity contribution in [3.05, 3.63) is 41.0 Å². The molecule has 11 nitrogen and oxygen atoms in total. The lowest BCUT2D eigenvalue weighted by atomic mass is 10.0. The number of fused-ring (bicyclic) bond motifs is 3. The Balaban J connectivity index is 1.21. The van der Waals surface area contributed by atoms with E-state index in [4.69, 9.17) is 31.5 Å². The summed E-state index contributed by atoms with van der Waals surface area (Å²) < 4.78 is 17.0. The zero-order valence-electron chi connectivity index (χ0n) is 16.7. The van der Waals surface area contributed by atoms with E-state index in [1.165, 1.54) is 0 Å². The van der Waals surface area contributed by atoms with Gasteiger partial charge >= 0.3 is 0 Å². The number of benzene rings is 1. The van der Waals surface area contributed by atoms with Crippen LogP contribution >= 0.6 is 11.6 Å². The standard InChI is InChI=1S/C20H20ClN7O4/c21-10-5-12-18(25-17(10)23-6-13-9-3-1-2-4-11(9)27-28-13)26-19(24-12)32-14-7-31-20(22)15(29)8-30-16(14)20/h1-5,14-16,29H,6-8,22H2,(H,27,28)(H2,23,24,25,26)/t14-,15-,16-,20-/m1/s1. The number of halogens is 1. The molecule has 12 heteroatoms. The Morgan fingerprint density at radius 3 is 3.09 bits per heavy atom. The van der Waals surface area contributed by atoms with Crippen LogP contribution in [0.15, 0.2) is 30.3 Å². The first-order valence-electron chi connectivity index (χ1n) is 10.1. The van der Waals surface area contributed by atoms with Gasteiger partial charge in [0.1, 0.15) is 18.0 Å². The molecule has 0 amide bonds. The predicted molar refractivity (Wildman–Crippen MR) is 115 cm³/mol. The van der Waals surface area contributed by atoms with Crippen molar-refractivity contribution in [3.8, 4) is 6.01 Å². The average Bonchev–Trinajstić information content (AvgIpc) is 3.52. The van der Waals surface area contributed by atoms with Crippen molar-refractivity contribution in [2.24, 2.45) is 5.73 Å². The summed E-state index contributed by atoms with van der Waals surface area (Å²) >= 11 is 6.42. The third kappa shape index (κ3) is 3.09. The van der Waals surface area contributed by atoms with Crippen molar-refractivity contribution >= 4 is 39.5 Å². The van der Waals surface area contributed by atoms with Crippen LogP contribution in [0.25, 0.3) is 22.1 Å². The van der Waals surface area contributed by atoms with Gasteiger partial charge in [-0.25, -0.2) is 4.98 Å². The maximum Gasteiger partial charge on any atom is 0.296 e.